The minimum atomic E-state index is -0.0674. The molecule has 0 radical (unpaired) electrons. The Morgan fingerprint density at radius 1 is 1.42 bits per heavy atom. The molecule has 0 spiro atoms. The minimum absolute atomic E-state index is 0.0228. The average molecular weight is 267 g/mol. The van der Waals surface area contributed by atoms with Crippen LogP contribution < -0.4 is 9.47 Å². The van der Waals surface area contributed by atoms with Gasteiger partial charge in [-0.1, -0.05) is 0 Å². The second kappa shape index (κ2) is 6.33. The van der Waals surface area contributed by atoms with Gasteiger partial charge in [0.25, 0.3) is 0 Å². The Bertz CT molecular complexity index is 441. The summed E-state index contributed by atoms with van der Waals surface area (Å²) >= 11 is 0. The van der Waals surface area contributed by atoms with Gasteiger partial charge in [0.2, 0.25) is 17.7 Å². The Kier molecular flexibility index (Phi) is 4.51. The second-order valence-electron chi connectivity index (χ2n) is 4.20. The summed E-state index contributed by atoms with van der Waals surface area (Å²) in [5.41, 5.74) is 0. The van der Waals surface area contributed by atoms with Crippen LogP contribution in [-0.2, 0) is 9.53 Å². The number of ether oxygens (including phenoxy) is 3. The molecule has 0 saturated carbocycles. The first-order chi connectivity index (χ1) is 9.22. The first-order valence-electron chi connectivity index (χ1n) is 6.02. The number of hydrogen-bond acceptors (Lipinski definition) is 6. The van der Waals surface area contributed by atoms with Crippen LogP contribution in [0.5, 0.6) is 11.8 Å². The summed E-state index contributed by atoms with van der Waals surface area (Å²) in [5, 5.41) is 0. The minimum Gasteiger partial charge on any atom is -0.480 e. The lowest BCUT2D eigenvalue weighted by atomic mass is 10.3. The van der Waals surface area contributed by atoms with E-state index in [9.17, 15) is 4.79 Å². The molecule has 2 rings (SSSR count). The largest absolute Gasteiger partial charge is 0.480 e. The third-order valence-electron chi connectivity index (χ3n) is 2.85. The Morgan fingerprint density at radius 3 is 2.95 bits per heavy atom. The molecule has 7 heteroatoms. The summed E-state index contributed by atoms with van der Waals surface area (Å²) < 4.78 is 15.5. The molecule has 1 aromatic rings. The van der Waals surface area contributed by atoms with Gasteiger partial charge in [0.15, 0.2) is 0 Å². The van der Waals surface area contributed by atoms with Gasteiger partial charge in [0.05, 0.1) is 26.0 Å². The van der Waals surface area contributed by atoms with E-state index in [1.54, 1.807) is 4.90 Å². The smallest absolute Gasteiger partial charge is 0.248 e. The predicted molar refractivity (Wildman–Crippen MR) is 66.1 cm³/mol. The molecular weight excluding hydrogens is 250 g/mol. The molecule has 0 N–H and O–H groups in total. The Labute approximate surface area is 111 Å². The van der Waals surface area contributed by atoms with E-state index in [1.807, 2.05) is 0 Å². The fourth-order valence-corrected chi connectivity index (χ4v) is 1.92. The van der Waals surface area contributed by atoms with E-state index in [0.717, 1.165) is 6.42 Å². The standard InChI is InChI=1S/C12H17N3O4/c1-17-8-12(16)15-4-3-9(7-15)19-11-6-13-5-10(14-11)18-2/h5-6,9H,3-4,7-8H2,1-2H3/t9-/m0/s1. The van der Waals surface area contributed by atoms with Gasteiger partial charge in [-0.3, -0.25) is 9.78 Å². The van der Waals surface area contributed by atoms with Crippen LogP contribution in [0.25, 0.3) is 0 Å². The van der Waals surface area contributed by atoms with Crippen LogP contribution in [-0.4, -0.2) is 60.8 Å². The van der Waals surface area contributed by atoms with Crippen molar-refractivity contribution in [2.75, 3.05) is 33.9 Å². The van der Waals surface area contributed by atoms with Crippen molar-refractivity contribution in [1.29, 1.82) is 0 Å². The highest BCUT2D eigenvalue weighted by molar-refractivity contribution is 5.77. The number of amides is 1. The lowest BCUT2D eigenvalue weighted by Crippen LogP contribution is -2.33. The monoisotopic (exact) mass is 267 g/mol. The van der Waals surface area contributed by atoms with Crippen LogP contribution in [0.4, 0.5) is 0 Å². The van der Waals surface area contributed by atoms with Gasteiger partial charge < -0.3 is 19.1 Å². The molecule has 104 valence electrons. The third-order valence-corrected chi connectivity index (χ3v) is 2.85. The van der Waals surface area contributed by atoms with Crippen molar-refractivity contribution in [3.8, 4) is 11.8 Å². The Balaban J connectivity index is 1.89. The van der Waals surface area contributed by atoms with Gasteiger partial charge in [0, 0.05) is 20.1 Å². The Morgan fingerprint density at radius 2 is 2.21 bits per heavy atom. The highest BCUT2D eigenvalue weighted by atomic mass is 16.5. The van der Waals surface area contributed by atoms with Crippen molar-refractivity contribution in [3.63, 3.8) is 0 Å². The maximum Gasteiger partial charge on any atom is 0.248 e. The van der Waals surface area contributed by atoms with Crippen LogP contribution in [0.15, 0.2) is 12.4 Å². The van der Waals surface area contributed by atoms with E-state index < -0.39 is 0 Å². The molecule has 0 aromatic carbocycles. The van der Waals surface area contributed by atoms with Crippen molar-refractivity contribution < 1.29 is 19.0 Å². The summed E-state index contributed by atoms with van der Waals surface area (Å²) in [6.45, 7) is 1.32. The van der Waals surface area contributed by atoms with E-state index in [0.29, 0.717) is 24.8 Å². The molecule has 0 unspecified atom stereocenters. The molecule has 1 aliphatic rings. The van der Waals surface area contributed by atoms with Gasteiger partial charge in [-0.05, 0) is 0 Å². The van der Waals surface area contributed by atoms with Crippen LogP contribution >= 0.6 is 0 Å². The zero-order chi connectivity index (χ0) is 13.7. The number of aromatic nitrogens is 2. The van der Waals surface area contributed by atoms with Gasteiger partial charge in [0.1, 0.15) is 12.7 Å². The third kappa shape index (κ3) is 3.54. The molecule has 1 fully saturated rings. The zero-order valence-corrected chi connectivity index (χ0v) is 11.0. The maximum atomic E-state index is 11.6. The maximum absolute atomic E-state index is 11.6. The fourth-order valence-electron chi connectivity index (χ4n) is 1.92. The summed E-state index contributed by atoms with van der Waals surface area (Å²) in [4.78, 5) is 21.5. The molecular formula is C12H17N3O4. The SMILES string of the molecule is COCC(=O)N1CC[C@H](Oc2cncc(OC)n2)C1. The first-order valence-corrected chi connectivity index (χ1v) is 6.02. The summed E-state index contributed by atoms with van der Waals surface area (Å²) in [5.74, 6) is 0.790. The van der Waals surface area contributed by atoms with E-state index in [-0.39, 0.29) is 18.6 Å². The zero-order valence-electron chi connectivity index (χ0n) is 11.0. The lowest BCUT2D eigenvalue weighted by molar-refractivity contribution is -0.134. The number of carbonyl (C=O) groups excluding carboxylic acids is 1. The number of likely N-dealkylation sites (tertiary alicyclic amines) is 1. The number of methoxy groups -OCH3 is 2. The molecule has 19 heavy (non-hydrogen) atoms. The van der Waals surface area contributed by atoms with Gasteiger partial charge in [-0.25, -0.2) is 0 Å². The highest BCUT2D eigenvalue weighted by Gasteiger charge is 2.27. The van der Waals surface area contributed by atoms with Gasteiger partial charge >= 0.3 is 0 Å². The van der Waals surface area contributed by atoms with E-state index in [1.165, 1.54) is 26.6 Å². The number of nitrogens with zero attached hydrogens (tertiary/aromatic N) is 3. The lowest BCUT2D eigenvalue weighted by Gasteiger charge is -2.16. The van der Waals surface area contributed by atoms with Crippen LogP contribution in [0.1, 0.15) is 6.42 Å². The van der Waals surface area contributed by atoms with Gasteiger partial charge in [-0.2, -0.15) is 4.98 Å². The summed E-state index contributed by atoms with van der Waals surface area (Å²) in [6.07, 6.45) is 3.74. The number of hydrogen-bond donors (Lipinski definition) is 0. The molecule has 0 aliphatic carbocycles. The van der Waals surface area contributed by atoms with Crippen molar-refractivity contribution in [2.24, 2.45) is 0 Å². The summed E-state index contributed by atoms with van der Waals surface area (Å²) in [6, 6.07) is 0. The summed E-state index contributed by atoms with van der Waals surface area (Å²) in [7, 11) is 3.03. The van der Waals surface area contributed by atoms with E-state index in [4.69, 9.17) is 14.2 Å². The molecule has 1 amide bonds. The van der Waals surface area contributed by atoms with Crippen molar-refractivity contribution in [3.05, 3.63) is 12.4 Å². The molecule has 1 saturated heterocycles. The van der Waals surface area contributed by atoms with Crippen molar-refractivity contribution in [2.45, 2.75) is 12.5 Å². The molecule has 1 aliphatic heterocycles. The fraction of sp³-hybridized carbons (Fsp3) is 0.583. The quantitative estimate of drug-likeness (QED) is 0.754. The molecule has 2 heterocycles. The molecule has 1 aromatic heterocycles. The Hall–Kier alpha value is -1.89. The topological polar surface area (TPSA) is 73.8 Å². The normalized spacial score (nSPS) is 18.4. The van der Waals surface area contributed by atoms with Gasteiger partial charge in [-0.15, -0.1) is 0 Å². The molecule has 0 bridgehead atoms. The van der Waals surface area contributed by atoms with Crippen LogP contribution in [0.2, 0.25) is 0 Å². The van der Waals surface area contributed by atoms with Crippen molar-refractivity contribution >= 4 is 5.91 Å². The number of rotatable bonds is 5. The van der Waals surface area contributed by atoms with E-state index in [2.05, 4.69) is 9.97 Å². The molecule has 7 nitrogen and oxygen atoms in total. The number of carbonyl (C=O) groups is 1. The first kappa shape index (κ1) is 13.5. The van der Waals surface area contributed by atoms with E-state index >= 15 is 0 Å². The predicted octanol–water partition coefficient (Wildman–Crippen LogP) is 0.111. The second-order valence-corrected chi connectivity index (χ2v) is 4.20. The van der Waals surface area contributed by atoms with Crippen molar-refractivity contribution in [1.82, 2.24) is 14.9 Å². The van der Waals surface area contributed by atoms with Crippen LogP contribution in [0, 0.1) is 0 Å². The van der Waals surface area contributed by atoms with Crippen LogP contribution in [0.3, 0.4) is 0 Å². The highest BCUT2D eigenvalue weighted by Crippen LogP contribution is 2.17. The average Bonchev–Trinajstić information content (AvgIpc) is 2.88. The molecule has 1 atom stereocenters.